The number of piperazine rings is 1. The van der Waals surface area contributed by atoms with E-state index in [1.807, 2.05) is 0 Å². The van der Waals surface area contributed by atoms with Crippen LogP contribution in [0.1, 0.15) is 20.3 Å². The van der Waals surface area contributed by atoms with Gasteiger partial charge in [0.2, 0.25) is 0 Å². The fourth-order valence-corrected chi connectivity index (χ4v) is 2.89. The fourth-order valence-electron chi connectivity index (χ4n) is 2.89. The average Bonchev–Trinajstić information content (AvgIpc) is 2.39. The summed E-state index contributed by atoms with van der Waals surface area (Å²) in [5.74, 6) is 0. The maximum Gasteiger partial charge on any atom is 0.0829 e. The summed E-state index contributed by atoms with van der Waals surface area (Å²) < 4.78 is 5.90. The summed E-state index contributed by atoms with van der Waals surface area (Å²) in [7, 11) is 0. The van der Waals surface area contributed by atoms with Crippen molar-refractivity contribution in [2.45, 2.75) is 32.4 Å². The monoisotopic (exact) mass is 241 g/mol. The normalized spacial score (nSPS) is 32.8. The maximum absolute atomic E-state index is 5.90. The van der Waals surface area contributed by atoms with Gasteiger partial charge in [-0.25, -0.2) is 0 Å². The second-order valence-electron chi connectivity index (χ2n) is 5.15. The number of hydrogen-bond donors (Lipinski definition) is 1. The topological polar surface area (TPSA) is 27.7 Å². The van der Waals surface area contributed by atoms with E-state index in [0.717, 1.165) is 45.9 Å². The second kappa shape index (κ2) is 6.69. The smallest absolute Gasteiger partial charge is 0.0829 e. The van der Waals surface area contributed by atoms with Gasteiger partial charge >= 0.3 is 0 Å². The first-order valence-corrected chi connectivity index (χ1v) is 7.12. The molecule has 0 aliphatic carbocycles. The Balaban J connectivity index is 1.81. The molecule has 0 radical (unpaired) electrons. The van der Waals surface area contributed by atoms with Crippen molar-refractivity contribution < 1.29 is 4.74 Å². The predicted molar refractivity (Wildman–Crippen MR) is 70.4 cm³/mol. The molecule has 2 saturated heterocycles. The van der Waals surface area contributed by atoms with E-state index in [2.05, 4.69) is 29.0 Å². The average molecular weight is 241 g/mol. The molecule has 100 valence electrons. The number of likely N-dealkylation sites (N-methyl/N-ethyl adjacent to an activating group) is 1. The van der Waals surface area contributed by atoms with Gasteiger partial charge < -0.3 is 10.1 Å². The quantitative estimate of drug-likeness (QED) is 0.771. The molecule has 0 aromatic carbocycles. The highest BCUT2D eigenvalue weighted by atomic mass is 16.5. The van der Waals surface area contributed by atoms with E-state index in [1.54, 1.807) is 0 Å². The van der Waals surface area contributed by atoms with Crippen LogP contribution in [0.15, 0.2) is 0 Å². The lowest BCUT2D eigenvalue weighted by Crippen LogP contribution is -2.55. The third-order valence-electron chi connectivity index (χ3n) is 4.05. The lowest BCUT2D eigenvalue weighted by Gasteiger charge is -2.40. The summed E-state index contributed by atoms with van der Waals surface area (Å²) in [5.41, 5.74) is 0. The van der Waals surface area contributed by atoms with E-state index in [-0.39, 0.29) is 0 Å². The molecule has 2 aliphatic rings. The number of ether oxygens (including phenoxy) is 1. The van der Waals surface area contributed by atoms with Gasteiger partial charge in [-0.2, -0.15) is 0 Å². The van der Waals surface area contributed by atoms with Crippen LogP contribution in [0, 0.1) is 0 Å². The predicted octanol–water partition coefficient (Wildman–Crippen LogP) is 0.391. The van der Waals surface area contributed by atoms with Gasteiger partial charge in [0.25, 0.3) is 0 Å². The highest BCUT2D eigenvalue weighted by Gasteiger charge is 2.26. The maximum atomic E-state index is 5.90. The van der Waals surface area contributed by atoms with E-state index < -0.39 is 0 Å². The lowest BCUT2D eigenvalue weighted by atomic mass is 10.1. The Morgan fingerprint density at radius 3 is 2.94 bits per heavy atom. The van der Waals surface area contributed by atoms with Crippen LogP contribution < -0.4 is 5.32 Å². The standard InChI is InChI=1S/C13H27N3O/c1-3-12-9-14-5-6-16(12)11-13-10-15(4-2)7-8-17-13/h12-14H,3-11H2,1-2H3. The van der Waals surface area contributed by atoms with E-state index in [1.165, 1.54) is 13.0 Å². The SMILES string of the molecule is CCC1CNCCN1CC1CN(CC)CCO1. The van der Waals surface area contributed by atoms with Crippen LogP contribution >= 0.6 is 0 Å². The van der Waals surface area contributed by atoms with E-state index >= 15 is 0 Å². The van der Waals surface area contributed by atoms with Crippen molar-refractivity contribution in [1.29, 1.82) is 0 Å². The first-order valence-electron chi connectivity index (χ1n) is 7.12. The Morgan fingerprint density at radius 2 is 2.18 bits per heavy atom. The number of nitrogens with zero attached hydrogens (tertiary/aromatic N) is 2. The molecule has 2 aliphatic heterocycles. The molecule has 1 N–H and O–H groups in total. The molecule has 2 unspecified atom stereocenters. The summed E-state index contributed by atoms with van der Waals surface area (Å²) in [6.07, 6.45) is 1.65. The first kappa shape index (κ1) is 13.3. The largest absolute Gasteiger partial charge is 0.374 e. The highest BCUT2D eigenvalue weighted by molar-refractivity contribution is 4.82. The van der Waals surface area contributed by atoms with Gasteiger partial charge in [0, 0.05) is 45.3 Å². The molecule has 2 heterocycles. The molecular weight excluding hydrogens is 214 g/mol. The Morgan fingerprint density at radius 1 is 1.29 bits per heavy atom. The van der Waals surface area contributed by atoms with Gasteiger partial charge in [-0.3, -0.25) is 9.80 Å². The molecular formula is C13H27N3O. The minimum atomic E-state index is 0.413. The van der Waals surface area contributed by atoms with E-state index in [9.17, 15) is 0 Å². The Bertz CT molecular complexity index is 225. The van der Waals surface area contributed by atoms with Gasteiger partial charge in [0.1, 0.15) is 0 Å². The molecule has 2 rings (SSSR count). The van der Waals surface area contributed by atoms with Crippen LogP contribution in [-0.2, 0) is 4.74 Å². The zero-order chi connectivity index (χ0) is 12.1. The van der Waals surface area contributed by atoms with Gasteiger partial charge in [-0.05, 0) is 13.0 Å². The first-order chi connectivity index (χ1) is 8.33. The van der Waals surface area contributed by atoms with Crippen LogP contribution in [-0.4, -0.2) is 74.4 Å². The number of nitrogens with one attached hydrogen (secondary N) is 1. The van der Waals surface area contributed by atoms with E-state index in [0.29, 0.717) is 12.1 Å². The Kier molecular flexibility index (Phi) is 5.22. The molecule has 0 saturated carbocycles. The van der Waals surface area contributed by atoms with Crippen molar-refractivity contribution in [3.05, 3.63) is 0 Å². The van der Waals surface area contributed by atoms with Crippen LogP contribution in [0.5, 0.6) is 0 Å². The van der Waals surface area contributed by atoms with Crippen molar-refractivity contribution in [1.82, 2.24) is 15.1 Å². The molecule has 0 aromatic rings. The molecule has 0 spiro atoms. The summed E-state index contributed by atoms with van der Waals surface area (Å²) >= 11 is 0. The van der Waals surface area contributed by atoms with Gasteiger partial charge in [0.05, 0.1) is 12.7 Å². The zero-order valence-corrected chi connectivity index (χ0v) is 11.3. The van der Waals surface area contributed by atoms with Crippen molar-refractivity contribution >= 4 is 0 Å². The molecule has 0 amide bonds. The van der Waals surface area contributed by atoms with E-state index in [4.69, 9.17) is 4.74 Å². The third kappa shape index (κ3) is 3.65. The summed E-state index contributed by atoms with van der Waals surface area (Å²) in [4.78, 5) is 5.11. The number of hydrogen-bond acceptors (Lipinski definition) is 4. The van der Waals surface area contributed by atoms with Crippen LogP contribution in [0.3, 0.4) is 0 Å². The van der Waals surface area contributed by atoms with Crippen molar-refractivity contribution in [2.75, 3.05) is 52.4 Å². The fraction of sp³-hybridized carbons (Fsp3) is 1.00. The highest BCUT2D eigenvalue weighted by Crippen LogP contribution is 2.12. The van der Waals surface area contributed by atoms with Crippen LogP contribution in [0.4, 0.5) is 0 Å². The molecule has 2 atom stereocenters. The van der Waals surface area contributed by atoms with Crippen molar-refractivity contribution in [3.8, 4) is 0 Å². The molecule has 2 fully saturated rings. The van der Waals surface area contributed by atoms with Gasteiger partial charge in [0.15, 0.2) is 0 Å². The third-order valence-corrected chi connectivity index (χ3v) is 4.05. The summed E-state index contributed by atoms with van der Waals surface area (Å²) in [5, 5.41) is 3.48. The Hall–Kier alpha value is -0.160. The Labute approximate surface area is 105 Å². The second-order valence-corrected chi connectivity index (χ2v) is 5.15. The molecule has 0 bridgehead atoms. The van der Waals surface area contributed by atoms with Gasteiger partial charge in [-0.15, -0.1) is 0 Å². The number of rotatable bonds is 4. The molecule has 4 heteroatoms. The van der Waals surface area contributed by atoms with Crippen LogP contribution in [0.2, 0.25) is 0 Å². The zero-order valence-electron chi connectivity index (χ0n) is 11.3. The summed E-state index contributed by atoms with van der Waals surface area (Å²) in [6.45, 7) is 13.3. The molecule has 0 aromatic heterocycles. The van der Waals surface area contributed by atoms with Crippen molar-refractivity contribution in [3.63, 3.8) is 0 Å². The summed E-state index contributed by atoms with van der Waals surface area (Å²) in [6, 6.07) is 0.698. The number of morpholine rings is 1. The molecule has 4 nitrogen and oxygen atoms in total. The minimum absolute atomic E-state index is 0.413. The van der Waals surface area contributed by atoms with Crippen molar-refractivity contribution in [2.24, 2.45) is 0 Å². The van der Waals surface area contributed by atoms with Gasteiger partial charge in [-0.1, -0.05) is 13.8 Å². The molecule has 17 heavy (non-hydrogen) atoms. The lowest BCUT2D eigenvalue weighted by molar-refractivity contribution is -0.0495. The minimum Gasteiger partial charge on any atom is -0.374 e. The van der Waals surface area contributed by atoms with Crippen LogP contribution in [0.25, 0.3) is 0 Å².